The van der Waals surface area contributed by atoms with E-state index < -0.39 is 72.7 Å². The zero-order valence-corrected chi connectivity index (χ0v) is 43.4. The molecule has 1 aliphatic rings. The number of rotatable bonds is 29. The van der Waals surface area contributed by atoms with Crippen LogP contribution in [0.5, 0.6) is 0 Å². The van der Waals surface area contributed by atoms with Crippen molar-refractivity contribution in [2.45, 2.75) is 63.8 Å². The highest BCUT2D eigenvalue weighted by Crippen LogP contribution is 2.11. The van der Waals surface area contributed by atoms with Crippen molar-refractivity contribution in [1.29, 1.82) is 0 Å². The van der Waals surface area contributed by atoms with Gasteiger partial charge >= 0.3 is 41.8 Å². The molecule has 2 unspecified atom stereocenters. The van der Waals surface area contributed by atoms with E-state index in [1.54, 1.807) is 87.5 Å². The van der Waals surface area contributed by atoms with Gasteiger partial charge in [-0.1, -0.05) is 36.4 Å². The maximum absolute atomic E-state index is 13.2. The maximum Gasteiger partial charge on any atom is 0.326 e. The summed E-state index contributed by atoms with van der Waals surface area (Å²) in [6.45, 7) is 1.91. The third-order valence-electron chi connectivity index (χ3n) is 12.5. The summed E-state index contributed by atoms with van der Waals surface area (Å²) in [5, 5.41) is 71.3. The summed E-state index contributed by atoms with van der Waals surface area (Å²) in [6, 6.07) is 15.8. The van der Waals surface area contributed by atoms with Crippen LogP contribution in [0.1, 0.15) is 79.9 Å². The number of amides is 6. The van der Waals surface area contributed by atoms with Crippen LogP contribution in [0.25, 0.3) is 0 Å². The summed E-state index contributed by atoms with van der Waals surface area (Å²) in [4.78, 5) is 139. The second kappa shape index (κ2) is 32.9. The highest BCUT2D eigenvalue weighted by molar-refractivity contribution is 5.95. The number of benzene rings is 3. The van der Waals surface area contributed by atoms with Crippen molar-refractivity contribution in [2.75, 3.05) is 85.1 Å². The second-order valence-electron chi connectivity index (χ2n) is 18.6. The second-order valence-corrected chi connectivity index (χ2v) is 18.6. The van der Waals surface area contributed by atoms with E-state index in [2.05, 4.69) is 31.9 Å². The number of carboxylic acids is 6. The van der Waals surface area contributed by atoms with Gasteiger partial charge in [0.2, 0.25) is 5.91 Å². The average Bonchev–Trinajstić information content (AvgIpc) is 3.40. The Hall–Kier alpha value is -8.53. The van der Waals surface area contributed by atoms with Gasteiger partial charge in [-0.15, -0.1) is 0 Å². The molecule has 12 N–H and O–H groups in total. The van der Waals surface area contributed by atoms with Crippen LogP contribution >= 0.6 is 0 Å². The molecule has 0 radical (unpaired) electrons. The number of carboxylic acid groups (broad SMARTS) is 6. The lowest BCUT2D eigenvalue weighted by molar-refractivity contribution is -0.141. The lowest BCUT2D eigenvalue weighted by Crippen LogP contribution is -2.51. The van der Waals surface area contributed by atoms with E-state index in [1.165, 1.54) is 0 Å². The van der Waals surface area contributed by atoms with E-state index in [4.69, 9.17) is 5.11 Å². The minimum atomic E-state index is -1.53. The highest BCUT2D eigenvalue weighted by Gasteiger charge is 2.26. The molecule has 1 aliphatic heterocycles. The van der Waals surface area contributed by atoms with Gasteiger partial charge in [0, 0.05) is 102 Å². The van der Waals surface area contributed by atoms with Gasteiger partial charge in [-0.3, -0.25) is 58.0 Å². The van der Waals surface area contributed by atoms with Gasteiger partial charge in [-0.2, -0.15) is 0 Å². The Balaban J connectivity index is 1.16. The van der Waals surface area contributed by atoms with E-state index in [-0.39, 0.29) is 122 Å². The Labute approximate surface area is 454 Å². The van der Waals surface area contributed by atoms with Crippen LogP contribution in [-0.2, 0) is 53.2 Å². The zero-order valence-electron chi connectivity index (χ0n) is 43.4. The summed E-state index contributed by atoms with van der Waals surface area (Å²) in [5.41, 5.74) is 3.24. The van der Waals surface area contributed by atoms with Crippen LogP contribution in [-0.4, -0.2) is 213 Å². The number of nitrogens with zero attached hydrogens (tertiary/aromatic N) is 4. The van der Waals surface area contributed by atoms with Crippen molar-refractivity contribution >= 4 is 65.5 Å². The van der Waals surface area contributed by atoms with E-state index >= 15 is 0 Å². The zero-order chi connectivity index (χ0) is 57.9. The first-order chi connectivity index (χ1) is 37.6. The van der Waals surface area contributed by atoms with Gasteiger partial charge in [0.25, 0.3) is 17.7 Å². The molecule has 3 aromatic carbocycles. The third kappa shape index (κ3) is 24.6. The van der Waals surface area contributed by atoms with E-state index in [0.717, 1.165) is 5.56 Å². The lowest BCUT2D eigenvalue weighted by Gasteiger charge is -2.32. The molecule has 2 atom stereocenters. The molecular weight excluding hydrogens is 1040 g/mol. The van der Waals surface area contributed by atoms with Crippen LogP contribution in [0.4, 0.5) is 4.79 Å². The first-order valence-corrected chi connectivity index (χ1v) is 25.3. The van der Waals surface area contributed by atoms with Gasteiger partial charge in [0.15, 0.2) is 0 Å². The largest absolute Gasteiger partial charge is 0.481 e. The predicted octanol–water partition coefficient (Wildman–Crippen LogP) is -0.391. The SMILES string of the molecule is O=C(O)CCC(NC(=O)NC(CCCCNC(=O)c1ccc(CNC(=O)c2ccc(CNC(=O)c3ccc(CNC(=O)CN4CCN(CC(=O)O)CCN(CC(=O)O)CCN(CC(=O)O)CC4)cc3)cc2)cc1)C(=O)O)C(=O)O. The molecule has 79 heavy (non-hydrogen) atoms. The van der Waals surface area contributed by atoms with Crippen LogP contribution in [0.15, 0.2) is 72.8 Å². The lowest BCUT2D eigenvalue weighted by atomic mass is 10.1. The number of carbonyl (C=O) groups is 11. The highest BCUT2D eigenvalue weighted by atomic mass is 16.4. The first kappa shape index (κ1) is 63.0. The Bertz CT molecular complexity index is 2550. The molecule has 3 aromatic rings. The molecule has 6 amide bonds. The van der Waals surface area contributed by atoms with Crippen molar-refractivity contribution in [3.63, 3.8) is 0 Å². The number of hydrogen-bond acceptors (Lipinski definition) is 15. The van der Waals surface area contributed by atoms with Crippen molar-refractivity contribution < 1.29 is 83.4 Å². The molecule has 27 nitrogen and oxygen atoms in total. The molecule has 0 saturated carbocycles. The smallest absolute Gasteiger partial charge is 0.326 e. The molecule has 1 heterocycles. The fraction of sp³-hybridized carbons (Fsp3) is 0.442. The predicted molar refractivity (Wildman–Crippen MR) is 280 cm³/mol. The number of urea groups is 1. The van der Waals surface area contributed by atoms with Gasteiger partial charge < -0.3 is 62.5 Å². The molecule has 1 saturated heterocycles. The fourth-order valence-corrected chi connectivity index (χ4v) is 8.05. The van der Waals surface area contributed by atoms with Gasteiger partial charge in [-0.25, -0.2) is 14.4 Å². The summed E-state index contributed by atoms with van der Waals surface area (Å²) in [7, 11) is 0. The van der Waals surface area contributed by atoms with Gasteiger partial charge in [0.1, 0.15) is 12.1 Å². The molecule has 0 aliphatic carbocycles. The van der Waals surface area contributed by atoms with Crippen LogP contribution in [0, 0.1) is 0 Å². The Kier molecular flexibility index (Phi) is 26.3. The number of aliphatic carboxylic acids is 6. The summed E-state index contributed by atoms with van der Waals surface area (Å²) >= 11 is 0. The minimum Gasteiger partial charge on any atom is -0.481 e. The van der Waals surface area contributed by atoms with Crippen LogP contribution in [0.2, 0.25) is 0 Å². The molecule has 428 valence electrons. The normalized spacial score (nSPS) is 14.6. The van der Waals surface area contributed by atoms with Gasteiger partial charge in [-0.05, 0) is 78.8 Å². The molecule has 0 bridgehead atoms. The molecule has 27 heteroatoms. The maximum atomic E-state index is 13.2. The van der Waals surface area contributed by atoms with Crippen molar-refractivity contribution in [3.8, 4) is 0 Å². The average molecular weight is 1110 g/mol. The Morgan fingerprint density at radius 2 is 0.722 bits per heavy atom. The summed E-state index contributed by atoms with van der Waals surface area (Å²) < 4.78 is 0. The fourth-order valence-electron chi connectivity index (χ4n) is 8.05. The molecule has 1 fully saturated rings. The van der Waals surface area contributed by atoms with Crippen molar-refractivity contribution in [1.82, 2.24) is 51.5 Å². The number of hydrogen-bond donors (Lipinski definition) is 12. The molecular formula is C52H68N10O17. The molecule has 0 spiro atoms. The van der Waals surface area contributed by atoms with Crippen molar-refractivity contribution in [3.05, 3.63) is 106 Å². The van der Waals surface area contributed by atoms with E-state index in [9.17, 15) is 78.3 Å². The summed E-state index contributed by atoms with van der Waals surface area (Å²) in [5.74, 6) is -8.67. The minimum absolute atomic E-state index is 0.0308. The van der Waals surface area contributed by atoms with E-state index in [0.29, 0.717) is 47.3 Å². The quantitative estimate of drug-likeness (QED) is 0.0394. The van der Waals surface area contributed by atoms with Crippen LogP contribution < -0.4 is 31.9 Å². The number of nitrogens with one attached hydrogen (secondary N) is 6. The monoisotopic (exact) mass is 1100 g/mol. The summed E-state index contributed by atoms with van der Waals surface area (Å²) in [6.07, 6.45) is -0.315. The van der Waals surface area contributed by atoms with Crippen LogP contribution in [0.3, 0.4) is 0 Å². The van der Waals surface area contributed by atoms with Crippen molar-refractivity contribution in [2.24, 2.45) is 0 Å². The first-order valence-electron chi connectivity index (χ1n) is 25.3. The Morgan fingerprint density at radius 3 is 1.06 bits per heavy atom. The Morgan fingerprint density at radius 1 is 0.392 bits per heavy atom. The molecule has 4 rings (SSSR count). The molecule has 0 aromatic heterocycles. The number of unbranched alkanes of at least 4 members (excludes halogenated alkanes) is 1. The van der Waals surface area contributed by atoms with E-state index in [1.807, 2.05) is 4.90 Å². The standard InChI is InChI=1S/C52H68N10O17/c63-42(30-59-19-21-60(31-44(66)67)23-25-62(33-46(70)71)26-24-61(22-20-59)32-45(68)69)54-27-34-4-12-38(13-5-34)48(73)56-29-36-8-14-39(15-9-36)49(74)55-28-35-6-10-37(11-7-35)47(72)53-18-2-1-3-40(50(75)76)57-52(79)58-41(51(77)78)16-17-43(64)65/h4-15,40-41H,1-3,16-33H2,(H,53,72)(H,54,63)(H,55,74)(H,56,73)(H,64,65)(H,66,67)(H,68,69)(H,70,71)(H,75,76)(H,77,78)(H2,57,58,79). The number of carbonyl (C=O) groups excluding carboxylic acids is 5. The van der Waals surface area contributed by atoms with Gasteiger partial charge in [0.05, 0.1) is 26.2 Å². The third-order valence-corrected chi connectivity index (χ3v) is 12.5. The topological polar surface area (TPSA) is 394 Å².